The molecule has 1 aromatic heterocycles. The van der Waals surface area contributed by atoms with E-state index < -0.39 is 0 Å². The Hall–Kier alpha value is -2.56. The minimum absolute atomic E-state index is 0.119. The van der Waals surface area contributed by atoms with E-state index in [2.05, 4.69) is 28.6 Å². The van der Waals surface area contributed by atoms with Gasteiger partial charge in [0.15, 0.2) is 0 Å². The quantitative estimate of drug-likeness (QED) is 0.736. The Morgan fingerprint density at radius 3 is 2.75 bits per heavy atom. The number of carbonyl (C=O) groups excluding carboxylic acids is 1. The molecule has 0 bridgehead atoms. The van der Waals surface area contributed by atoms with Gasteiger partial charge in [0, 0.05) is 18.2 Å². The molecule has 5 nitrogen and oxygen atoms in total. The summed E-state index contributed by atoms with van der Waals surface area (Å²) in [5.41, 5.74) is 2.95. The molecule has 0 saturated heterocycles. The molecular weight excluding hydrogens is 350 g/mol. The van der Waals surface area contributed by atoms with Gasteiger partial charge in [-0.3, -0.25) is 4.98 Å². The van der Waals surface area contributed by atoms with Crippen molar-refractivity contribution >= 4 is 11.8 Å². The molecular formula is C23H29N3O2. The van der Waals surface area contributed by atoms with E-state index in [0.29, 0.717) is 17.9 Å². The van der Waals surface area contributed by atoms with Gasteiger partial charge in [0.1, 0.15) is 6.61 Å². The summed E-state index contributed by atoms with van der Waals surface area (Å²) in [6.07, 6.45) is 7.39. The summed E-state index contributed by atoms with van der Waals surface area (Å²) < 4.78 is 5.51. The summed E-state index contributed by atoms with van der Waals surface area (Å²) in [7, 11) is 0. The highest BCUT2D eigenvalue weighted by molar-refractivity contribution is 5.69. The molecule has 1 amide bonds. The molecule has 1 saturated carbocycles. The number of amides is 1. The fourth-order valence-electron chi connectivity index (χ4n) is 4.50. The monoisotopic (exact) mass is 379 g/mol. The van der Waals surface area contributed by atoms with Gasteiger partial charge in [-0.2, -0.15) is 0 Å². The Kier molecular flexibility index (Phi) is 5.79. The first-order chi connectivity index (χ1) is 13.8. The number of pyridine rings is 1. The van der Waals surface area contributed by atoms with E-state index in [1.54, 1.807) is 6.20 Å². The molecule has 3 atom stereocenters. The second-order valence-corrected chi connectivity index (χ2v) is 7.93. The number of carbonyl (C=O) groups is 1. The van der Waals surface area contributed by atoms with Gasteiger partial charge in [-0.15, -0.1) is 0 Å². The third-order valence-corrected chi connectivity index (χ3v) is 6.11. The molecule has 1 aliphatic carbocycles. The minimum atomic E-state index is -0.374. The van der Waals surface area contributed by atoms with Crippen molar-refractivity contribution in [3.8, 4) is 0 Å². The van der Waals surface area contributed by atoms with Crippen molar-refractivity contribution in [2.24, 2.45) is 11.8 Å². The molecule has 1 aliphatic heterocycles. The summed E-state index contributed by atoms with van der Waals surface area (Å²) in [6, 6.07) is 14.1. The highest BCUT2D eigenvalue weighted by atomic mass is 16.5. The lowest BCUT2D eigenvalue weighted by atomic mass is 9.69. The predicted molar refractivity (Wildman–Crippen MR) is 110 cm³/mol. The van der Waals surface area contributed by atoms with Gasteiger partial charge in [-0.1, -0.05) is 50.1 Å². The van der Waals surface area contributed by atoms with Gasteiger partial charge in [0.2, 0.25) is 0 Å². The lowest BCUT2D eigenvalue weighted by Crippen LogP contribution is -2.50. The van der Waals surface area contributed by atoms with Crippen LogP contribution in [0.25, 0.3) is 0 Å². The standard InChI is InChI=1S/C23H29N3O2/c1-2-8-18-20(17-11-6-12-17)25-19-13-7-14-24-22(19)21(18)26-23(27)28-15-16-9-4-3-5-10-16/h3-5,7,9-10,13-14,17-18,20-21,25H,2,6,8,11-12,15H2,1H3,(H,26,27). The van der Waals surface area contributed by atoms with Gasteiger partial charge in [0.05, 0.1) is 17.4 Å². The summed E-state index contributed by atoms with van der Waals surface area (Å²) in [6.45, 7) is 2.48. The third kappa shape index (κ3) is 3.98. The molecule has 2 N–H and O–H groups in total. The number of hydrogen-bond acceptors (Lipinski definition) is 4. The predicted octanol–water partition coefficient (Wildman–Crippen LogP) is 5.06. The minimum Gasteiger partial charge on any atom is -0.445 e. The fourth-order valence-corrected chi connectivity index (χ4v) is 4.50. The zero-order valence-electron chi connectivity index (χ0n) is 16.4. The number of benzene rings is 1. The number of ether oxygens (including phenoxy) is 1. The second kappa shape index (κ2) is 8.63. The van der Waals surface area contributed by atoms with Crippen molar-refractivity contribution in [3.05, 3.63) is 59.9 Å². The maximum Gasteiger partial charge on any atom is 0.408 e. The molecule has 2 aliphatic rings. The molecule has 0 radical (unpaired) electrons. The van der Waals surface area contributed by atoms with Crippen LogP contribution in [0, 0.1) is 11.8 Å². The molecule has 2 aromatic rings. The second-order valence-electron chi connectivity index (χ2n) is 7.93. The van der Waals surface area contributed by atoms with Crippen LogP contribution in [0.5, 0.6) is 0 Å². The summed E-state index contributed by atoms with van der Waals surface area (Å²) in [4.78, 5) is 17.2. The highest BCUT2D eigenvalue weighted by Crippen LogP contribution is 2.44. The first-order valence-corrected chi connectivity index (χ1v) is 10.4. The molecule has 1 aromatic carbocycles. The van der Waals surface area contributed by atoms with E-state index in [1.807, 2.05) is 36.4 Å². The average molecular weight is 380 g/mol. The van der Waals surface area contributed by atoms with Crippen molar-refractivity contribution < 1.29 is 9.53 Å². The molecule has 1 fully saturated rings. The van der Waals surface area contributed by atoms with Crippen LogP contribution in [0.4, 0.5) is 10.5 Å². The number of nitrogens with zero attached hydrogens (tertiary/aromatic N) is 1. The van der Waals surface area contributed by atoms with Crippen LogP contribution in [-0.2, 0) is 11.3 Å². The summed E-state index contributed by atoms with van der Waals surface area (Å²) in [5, 5.41) is 6.89. The molecule has 2 heterocycles. The molecule has 148 valence electrons. The van der Waals surface area contributed by atoms with Crippen LogP contribution in [0.15, 0.2) is 48.7 Å². The maximum absolute atomic E-state index is 12.6. The van der Waals surface area contributed by atoms with E-state index in [9.17, 15) is 4.79 Å². The van der Waals surface area contributed by atoms with Crippen molar-refractivity contribution in [1.82, 2.24) is 10.3 Å². The molecule has 3 unspecified atom stereocenters. The number of anilines is 1. The van der Waals surface area contributed by atoms with Crippen molar-refractivity contribution in [3.63, 3.8) is 0 Å². The molecule has 28 heavy (non-hydrogen) atoms. The number of rotatable bonds is 6. The fraction of sp³-hybridized carbons (Fsp3) is 0.478. The zero-order valence-corrected chi connectivity index (χ0v) is 16.4. The topological polar surface area (TPSA) is 63.2 Å². The van der Waals surface area contributed by atoms with E-state index >= 15 is 0 Å². The van der Waals surface area contributed by atoms with E-state index in [1.165, 1.54) is 19.3 Å². The third-order valence-electron chi connectivity index (χ3n) is 6.11. The van der Waals surface area contributed by atoms with Crippen LogP contribution < -0.4 is 10.6 Å². The Bertz CT molecular complexity index is 791. The Morgan fingerprint density at radius 2 is 2.04 bits per heavy atom. The molecule has 5 heteroatoms. The van der Waals surface area contributed by atoms with Crippen LogP contribution in [0.1, 0.15) is 56.3 Å². The van der Waals surface area contributed by atoms with Crippen molar-refractivity contribution in [2.45, 2.75) is 57.7 Å². The number of alkyl carbamates (subject to hydrolysis) is 1. The van der Waals surface area contributed by atoms with E-state index in [4.69, 9.17) is 4.74 Å². The largest absolute Gasteiger partial charge is 0.445 e. The van der Waals surface area contributed by atoms with Crippen LogP contribution in [0.3, 0.4) is 0 Å². The van der Waals surface area contributed by atoms with Crippen molar-refractivity contribution in [1.29, 1.82) is 0 Å². The smallest absolute Gasteiger partial charge is 0.408 e. The lowest BCUT2D eigenvalue weighted by molar-refractivity contribution is 0.120. The number of aromatic nitrogens is 1. The first-order valence-electron chi connectivity index (χ1n) is 10.4. The van der Waals surface area contributed by atoms with E-state index in [-0.39, 0.29) is 18.7 Å². The normalized spacial score (nSPS) is 23.8. The molecule has 4 rings (SSSR count). The summed E-state index contributed by atoms with van der Waals surface area (Å²) >= 11 is 0. The average Bonchev–Trinajstić information content (AvgIpc) is 2.68. The highest BCUT2D eigenvalue weighted by Gasteiger charge is 2.42. The Labute approximate surface area is 166 Å². The Balaban J connectivity index is 1.52. The number of fused-ring (bicyclic) bond motifs is 1. The number of nitrogens with one attached hydrogen (secondary N) is 2. The zero-order chi connectivity index (χ0) is 19.3. The van der Waals surface area contributed by atoms with Crippen LogP contribution >= 0.6 is 0 Å². The number of hydrogen-bond donors (Lipinski definition) is 2. The van der Waals surface area contributed by atoms with Gasteiger partial charge < -0.3 is 15.4 Å². The maximum atomic E-state index is 12.6. The van der Waals surface area contributed by atoms with Gasteiger partial charge in [0.25, 0.3) is 0 Å². The Morgan fingerprint density at radius 1 is 1.21 bits per heavy atom. The van der Waals surface area contributed by atoms with Gasteiger partial charge >= 0.3 is 6.09 Å². The van der Waals surface area contributed by atoms with Gasteiger partial charge in [-0.25, -0.2) is 4.79 Å². The van der Waals surface area contributed by atoms with Crippen LogP contribution in [0.2, 0.25) is 0 Å². The lowest BCUT2D eigenvalue weighted by Gasteiger charge is -2.46. The van der Waals surface area contributed by atoms with Gasteiger partial charge in [-0.05, 0) is 42.9 Å². The van der Waals surface area contributed by atoms with Crippen LogP contribution in [-0.4, -0.2) is 17.1 Å². The SMILES string of the molecule is CCCC1C(NC(=O)OCc2ccccc2)c2ncccc2NC1C1CCC1. The van der Waals surface area contributed by atoms with Crippen molar-refractivity contribution in [2.75, 3.05) is 5.32 Å². The molecule has 0 spiro atoms. The first kappa shape index (κ1) is 18.8. The summed E-state index contributed by atoms with van der Waals surface area (Å²) in [5.74, 6) is 0.997. The van der Waals surface area contributed by atoms with E-state index in [0.717, 1.165) is 29.8 Å².